The number of aryl methyl sites for hydroxylation is 1. The lowest BCUT2D eigenvalue weighted by Crippen LogP contribution is -2.00. The van der Waals surface area contributed by atoms with Crippen LogP contribution in [-0.2, 0) is 6.54 Å². The van der Waals surface area contributed by atoms with Crippen LogP contribution in [0.1, 0.15) is 20.1 Å². The van der Waals surface area contributed by atoms with Crippen LogP contribution in [0.25, 0.3) is 0 Å². The molecule has 0 spiro atoms. The third kappa shape index (κ3) is 2.04. The smallest absolute Gasteiger partial charge is 0.345 e. The van der Waals surface area contributed by atoms with Crippen molar-refractivity contribution in [3.8, 4) is 0 Å². The number of carbonyl (C=O) groups is 1. The van der Waals surface area contributed by atoms with E-state index in [0.717, 1.165) is 10.4 Å². The zero-order chi connectivity index (χ0) is 10.8. The molecule has 0 aliphatic heterocycles. The average Bonchev–Trinajstić information content (AvgIpc) is 2.77. The molecule has 0 saturated carbocycles. The second-order valence-corrected chi connectivity index (χ2v) is 4.35. The van der Waals surface area contributed by atoms with Gasteiger partial charge in [0, 0.05) is 4.88 Å². The van der Waals surface area contributed by atoms with Crippen LogP contribution in [0.5, 0.6) is 0 Å². The molecule has 6 heteroatoms. The molecule has 78 valence electrons. The number of carboxylic acids is 1. The predicted molar refractivity (Wildman–Crippen MR) is 55.1 cm³/mol. The van der Waals surface area contributed by atoms with E-state index in [9.17, 15) is 4.79 Å². The molecule has 0 bridgehead atoms. The number of carboxylic acid groups (broad SMARTS) is 1. The van der Waals surface area contributed by atoms with Crippen LogP contribution in [0.3, 0.4) is 0 Å². The van der Waals surface area contributed by atoms with Crippen LogP contribution in [0.15, 0.2) is 18.7 Å². The van der Waals surface area contributed by atoms with E-state index in [4.69, 9.17) is 5.11 Å². The van der Waals surface area contributed by atoms with E-state index >= 15 is 0 Å². The molecular weight excluding hydrogens is 214 g/mol. The highest BCUT2D eigenvalue weighted by Crippen LogP contribution is 2.22. The highest BCUT2D eigenvalue weighted by atomic mass is 32.1. The molecule has 2 rings (SSSR count). The maximum atomic E-state index is 10.7. The standard InChI is InChI=1S/C9H9N3O2S/c1-6-7(2-8(15-6)9(13)14)3-12-5-10-4-11-12/h2,4-5H,3H2,1H3,(H,13,14). The Kier molecular flexibility index (Phi) is 2.51. The molecular formula is C9H9N3O2S. The fourth-order valence-electron chi connectivity index (χ4n) is 1.27. The van der Waals surface area contributed by atoms with Gasteiger partial charge < -0.3 is 5.11 Å². The van der Waals surface area contributed by atoms with Gasteiger partial charge >= 0.3 is 5.97 Å². The molecule has 2 heterocycles. The Morgan fingerprint density at radius 1 is 1.67 bits per heavy atom. The first kappa shape index (κ1) is 9.85. The molecule has 0 fully saturated rings. The summed E-state index contributed by atoms with van der Waals surface area (Å²) in [5.41, 5.74) is 0.975. The molecule has 0 aliphatic carbocycles. The Labute approximate surface area is 90.0 Å². The molecule has 0 amide bonds. The Bertz CT molecular complexity index is 476. The maximum Gasteiger partial charge on any atom is 0.345 e. The Balaban J connectivity index is 2.25. The summed E-state index contributed by atoms with van der Waals surface area (Å²) in [4.78, 5) is 15.9. The molecule has 2 aromatic rings. The molecule has 0 atom stereocenters. The van der Waals surface area contributed by atoms with Gasteiger partial charge in [0.15, 0.2) is 0 Å². The molecule has 0 aromatic carbocycles. The zero-order valence-electron chi connectivity index (χ0n) is 8.04. The van der Waals surface area contributed by atoms with Crippen molar-refractivity contribution in [2.45, 2.75) is 13.5 Å². The lowest BCUT2D eigenvalue weighted by molar-refractivity contribution is 0.0702. The van der Waals surface area contributed by atoms with Crippen LogP contribution >= 0.6 is 11.3 Å². The molecule has 1 N–H and O–H groups in total. The minimum absolute atomic E-state index is 0.364. The van der Waals surface area contributed by atoms with Crippen molar-refractivity contribution in [1.29, 1.82) is 0 Å². The maximum absolute atomic E-state index is 10.7. The largest absolute Gasteiger partial charge is 0.477 e. The SMILES string of the molecule is Cc1sc(C(=O)O)cc1Cn1cncn1. The average molecular weight is 223 g/mol. The number of rotatable bonds is 3. The highest BCUT2D eigenvalue weighted by Gasteiger charge is 2.11. The summed E-state index contributed by atoms with van der Waals surface area (Å²) in [6, 6.07) is 1.68. The number of aromatic carboxylic acids is 1. The summed E-state index contributed by atoms with van der Waals surface area (Å²) in [5.74, 6) is -0.882. The van der Waals surface area contributed by atoms with Gasteiger partial charge in [-0.1, -0.05) is 0 Å². The molecule has 5 nitrogen and oxygen atoms in total. The van der Waals surface area contributed by atoms with Gasteiger partial charge in [-0.25, -0.2) is 14.5 Å². The van der Waals surface area contributed by atoms with E-state index in [1.165, 1.54) is 17.7 Å². The zero-order valence-corrected chi connectivity index (χ0v) is 8.86. The van der Waals surface area contributed by atoms with E-state index in [1.54, 1.807) is 17.1 Å². The number of thiophene rings is 1. The first-order chi connectivity index (χ1) is 7.16. The van der Waals surface area contributed by atoms with E-state index in [0.29, 0.717) is 11.4 Å². The summed E-state index contributed by atoms with van der Waals surface area (Å²) in [7, 11) is 0. The van der Waals surface area contributed by atoms with Crippen LogP contribution in [0.2, 0.25) is 0 Å². The third-order valence-corrected chi connectivity index (χ3v) is 3.11. The van der Waals surface area contributed by atoms with Crippen molar-refractivity contribution in [1.82, 2.24) is 14.8 Å². The van der Waals surface area contributed by atoms with Crippen molar-refractivity contribution < 1.29 is 9.90 Å². The lowest BCUT2D eigenvalue weighted by Gasteiger charge is -1.98. The molecule has 0 aliphatic rings. The minimum Gasteiger partial charge on any atom is -0.477 e. The Morgan fingerprint density at radius 2 is 2.47 bits per heavy atom. The van der Waals surface area contributed by atoms with Crippen molar-refractivity contribution >= 4 is 17.3 Å². The van der Waals surface area contributed by atoms with E-state index < -0.39 is 5.97 Å². The topological polar surface area (TPSA) is 68.0 Å². The number of nitrogens with zero attached hydrogens (tertiary/aromatic N) is 3. The number of aromatic nitrogens is 3. The monoisotopic (exact) mass is 223 g/mol. The van der Waals surface area contributed by atoms with Gasteiger partial charge in [-0.3, -0.25) is 0 Å². The molecule has 0 unspecified atom stereocenters. The van der Waals surface area contributed by atoms with Crippen molar-refractivity contribution in [2.75, 3.05) is 0 Å². The van der Waals surface area contributed by atoms with E-state index in [-0.39, 0.29) is 0 Å². The summed E-state index contributed by atoms with van der Waals surface area (Å²) in [5, 5.41) is 12.8. The number of hydrogen-bond donors (Lipinski definition) is 1. The second kappa shape index (κ2) is 3.82. The van der Waals surface area contributed by atoms with Gasteiger partial charge in [0.25, 0.3) is 0 Å². The van der Waals surface area contributed by atoms with Gasteiger partial charge in [0.1, 0.15) is 17.5 Å². The van der Waals surface area contributed by atoms with Crippen molar-refractivity contribution in [3.63, 3.8) is 0 Å². The van der Waals surface area contributed by atoms with E-state index in [1.807, 2.05) is 6.92 Å². The summed E-state index contributed by atoms with van der Waals surface area (Å²) < 4.78 is 1.67. The first-order valence-corrected chi connectivity index (χ1v) is 5.13. The van der Waals surface area contributed by atoms with Gasteiger partial charge in [-0.2, -0.15) is 5.10 Å². The lowest BCUT2D eigenvalue weighted by atomic mass is 10.2. The van der Waals surface area contributed by atoms with E-state index in [2.05, 4.69) is 10.1 Å². The highest BCUT2D eigenvalue weighted by molar-refractivity contribution is 7.14. The summed E-state index contributed by atoms with van der Waals surface area (Å²) in [6.07, 6.45) is 3.07. The van der Waals surface area contributed by atoms with Crippen LogP contribution in [0, 0.1) is 6.92 Å². The molecule has 2 aromatic heterocycles. The Morgan fingerprint density at radius 3 is 3.00 bits per heavy atom. The fraction of sp³-hybridized carbons (Fsp3) is 0.222. The van der Waals surface area contributed by atoms with Crippen LogP contribution in [-0.4, -0.2) is 25.8 Å². The molecule has 15 heavy (non-hydrogen) atoms. The normalized spacial score (nSPS) is 10.5. The van der Waals surface area contributed by atoms with Gasteiger partial charge in [0.2, 0.25) is 0 Å². The predicted octanol–water partition coefficient (Wildman–Crippen LogP) is 1.39. The van der Waals surface area contributed by atoms with Gasteiger partial charge in [-0.05, 0) is 18.6 Å². The van der Waals surface area contributed by atoms with Crippen LogP contribution < -0.4 is 0 Å². The summed E-state index contributed by atoms with van der Waals surface area (Å²) >= 11 is 1.28. The minimum atomic E-state index is -0.882. The quantitative estimate of drug-likeness (QED) is 0.853. The second-order valence-electron chi connectivity index (χ2n) is 3.09. The third-order valence-electron chi connectivity index (χ3n) is 2.03. The molecule has 0 saturated heterocycles. The van der Waals surface area contributed by atoms with Crippen molar-refractivity contribution in [3.05, 3.63) is 34.0 Å². The summed E-state index contributed by atoms with van der Waals surface area (Å²) in [6.45, 7) is 2.47. The number of hydrogen-bond acceptors (Lipinski definition) is 4. The first-order valence-electron chi connectivity index (χ1n) is 4.32. The molecule has 0 radical (unpaired) electrons. The van der Waals surface area contributed by atoms with Gasteiger partial charge in [-0.15, -0.1) is 11.3 Å². The van der Waals surface area contributed by atoms with Crippen LogP contribution in [0.4, 0.5) is 0 Å². The van der Waals surface area contributed by atoms with Gasteiger partial charge in [0.05, 0.1) is 6.54 Å². The van der Waals surface area contributed by atoms with Crippen molar-refractivity contribution in [2.24, 2.45) is 0 Å². The fourth-order valence-corrected chi connectivity index (χ4v) is 2.14. The Hall–Kier alpha value is -1.69.